The first-order valence-corrected chi connectivity index (χ1v) is 12.6. The van der Waals surface area contributed by atoms with Gasteiger partial charge < -0.3 is 15.0 Å². The lowest BCUT2D eigenvalue weighted by Gasteiger charge is -2.34. The Hall–Kier alpha value is -3.02. The molecule has 0 fully saturated rings. The van der Waals surface area contributed by atoms with Gasteiger partial charge in [-0.1, -0.05) is 71.7 Å². The fourth-order valence-corrected chi connectivity index (χ4v) is 4.31. The highest BCUT2D eigenvalue weighted by atomic mass is 35.5. The molecule has 0 aromatic heterocycles. The minimum absolute atomic E-state index is 0.0591. The van der Waals surface area contributed by atoms with Crippen LogP contribution in [-0.4, -0.2) is 34.9 Å². The maximum atomic E-state index is 13.7. The molecule has 0 saturated carbocycles. The Morgan fingerprint density at radius 2 is 1.58 bits per heavy atom. The molecule has 0 aliphatic heterocycles. The molecule has 0 saturated heterocycles. The number of carbonyl (C=O) groups excluding carboxylic acids is 2. The molecule has 0 aliphatic rings. The van der Waals surface area contributed by atoms with E-state index in [0.717, 1.165) is 11.1 Å². The molecule has 5 nitrogen and oxygen atoms in total. The predicted octanol–water partition coefficient (Wildman–Crippen LogP) is 6.24. The summed E-state index contributed by atoms with van der Waals surface area (Å²) in [6.45, 7) is 7.49. The molecular weight excluding hydrogens is 495 g/mol. The van der Waals surface area contributed by atoms with Crippen molar-refractivity contribution in [3.63, 3.8) is 0 Å². The number of carbonyl (C=O) groups is 2. The molecule has 2 amide bonds. The topological polar surface area (TPSA) is 58.6 Å². The van der Waals surface area contributed by atoms with Crippen molar-refractivity contribution in [3.05, 3.63) is 99.5 Å². The third kappa shape index (κ3) is 8.00. The molecular formula is C29H32Cl2N2O3. The Labute approximate surface area is 223 Å². The zero-order chi connectivity index (χ0) is 26.3. The Kier molecular flexibility index (Phi) is 9.41. The van der Waals surface area contributed by atoms with Crippen molar-refractivity contribution in [1.82, 2.24) is 10.2 Å². The predicted molar refractivity (Wildman–Crippen MR) is 146 cm³/mol. The van der Waals surface area contributed by atoms with Gasteiger partial charge in [-0.3, -0.25) is 9.59 Å². The Morgan fingerprint density at radius 3 is 2.19 bits per heavy atom. The van der Waals surface area contributed by atoms with Crippen molar-refractivity contribution in [2.75, 3.05) is 6.61 Å². The van der Waals surface area contributed by atoms with Crippen molar-refractivity contribution in [1.29, 1.82) is 0 Å². The number of hydrogen-bond acceptors (Lipinski definition) is 3. The second-order valence-corrected chi connectivity index (χ2v) is 10.6. The number of halogens is 2. The molecule has 3 rings (SSSR count). The van der Waals surface area contributed by atoms with Gasteiger partial charge in [0, 0.05) is 34.1 Å². The zero-order valence-electron chi connectivity index (χ0n) is 21.1. The van der Waals surface area contributed by atoms with Gasteiger partial charge >= 0.3 is 0 Å². The highest BCUT2D eigenvalue weighted by Gasteiger charge is 2.33. The van der Waals surface area contributed by atoms with Crippen LogP contribution in [0.15, 0.2) is 72.8 Å². The third-order valence-corrected chi connectivity index (χ3v) is 6.22. The van der Waals surface area contributed by atoms with Crippen LogP contribution in [0.4, 0.5) is 0 Å². The SMILES string of the molecule is Cc1cccc(OCC(=O)N(Cc2c(Cl)cccc2Cl)C(Cc2ccccc2)C(=O)NC(C)(C)C)c1. The molecule has 1 unspecified atom stereocenters. The average Bonchev–Trinajstić information content (AvgIpc) is 2.81. The van der Waals surface area contributed by atoms with E-state index in [1.54, 1.807) is 24.3 Å². The van der Waals surface area contributed by atoms with E-state index in [-0.39, 0.29) is 25.0 Å². The van der Waals surface area contributed by atoms with Crippen LogP contribution in [0.1, 0.15) is 37.5 Å². The summed E-state index contributed by atoms with van der Waals surface area (Å²) in [5.41, 5.74) is 2.03. The fraction of sp³-hybridized carbons (Fsp3) is 0.310. The van der Waals surface area contributed by atoms with Crippen molar-refractivity contribution in [2.45, 2.75) is 52.2 Å². The molecule has 0 spiro atoms. The second-order valence-electron chi connectivity index (χ2n) is 9.77. The van der Waals surface area contributed by atoms with Crippen LogP contribution in [-0.2, 0) is 22.6 Å². The number of ether oxygens (including phenoxy) is 1. The van der Waals surface area contributed by atoms with E-state index in [1.165, 1.54) is 4.90 Å². The van der Waals surface area contributed by atoms with E-state index in [4.69, 9.17) is 27.9 Å². The number of benzene rings is 3. The number of rotatable bonds is 9. The summed E-state index contributed by atoms with van der Waals surface area (Å²) in [7, 11) is 0. The van der Waals surface area contributed by atoms with Gasteiger partial charge in [0.25, 0.3) is 5.91 Å². The summed E-state index contributed by atoms with van der Waals surface area (Å²) in [4.78, 5) is 28.8. The fourth-order valence-electron chi connectivity index (χ4n) is 3.79. The van der Waals surface area contributed by atoms with Gasteiger partial charge in [-0.15, -0.1) is 0 Å². The number of nitrogens with zero attached hydrogens (tertiary/aromatic N) is 1. The molecule has 190 valence electrons. The van der Waals surface area contributed by atoms with Crippen molar-refractivity contribution in [3.8, 4) is 5.75 Å². The second kappa shape index (κ2) is 12.3. The number of amides is 2. The summed E-state index contributed by atoms with van der Waals surface area (Å²) in [5.74, 6) is -0.0336. The van der Waals surface area contributed by atoms with E-state index in [1.807, 2.05) is 76.2 Å². The maximum absolute atomic E-state index is 13.7. The molecule has 1 atom stereocenters. The van der Waals surface area contributed by atoms with Crippen LogP contribution in [0.25, 0.3) is 0 Å². The summed E-state index contributed by atoms with van der Waals surface area (Å²) in [6.07, 6.45) is 0.320. The van der Waals surface area contributed by atoms with Gasteiger partial charge in [0.1, 0.15) is 11.8 Å². The zero-order valence-corrected chi connectivity index (χ0v) is 22.6. The summed E-state index contributed by atoms with van der Waals surface area (Å²) in [5, 5.41) is 3.88. The largest absolute Gasteiger partial charge is 0.484 e. The Bertz CT molecular complexity index is 1170. The van der Waals surface area contributed by atoms with Gasteiger partial charge in [0.15, 0.2) is 6.61 Å². The Balaban J connectivity index is 1.98. The van der Waals surface area contributed by atoms with Gasteiger partial charge in [0.05, 0.1) is 0 Å². The van der Waals surface area contributed by atoms with E-state index in [0.29, 0.717) is 27.8 Å². The highest BCUT2D eigenvalue weighted by Crippen LogP contribution is 2.27. The molecule has 0 aliphatic carbocycles. The van der Waals surface area contributed by atoms with Crippen LogP contribution >= 0.6 is 23.2 Å². The monoisotopic (exact) mass is 526 g/mol. The third-order valence-electron chi connectivity index (χ3n) is 5.51. The van der Waals surface area contributed by atoms with E-state index < -0.39 is 11.6 Å². The lowest BCUT2D eigenvalue weighted by atomic mass is 10.0. The first-order chi connectivity index (χ1) is 17.0. The summed E-state index contributed by atoms with van der Waals surface area (Å²) < 4.78 is 5.82. The van der Waals surface area contributed by atoms with Crippen molar-refractivity contribution in [2.24, 2.45) is 0 Å². The molecule has 36 heavy (non-hydrogen) atoms. The molecule has 7 heteroatoms. The maximum Gasteiger partial charge on any atom is 0.261 e. The number of aryl methyl sites for hydroxylation is 1. The highest BCUT2D eigenvalue weighted by molar-refractivity contribution is 6.36. The first-order valence-electron chi connectivity index (χ1n) is 11.8. The number of nitrogens with one attached hydrogen (secondary N) is 1. The van der Waals surface area contributed by atoms with Crippen LogP contribution in [0, 0.1) is 6.92 Å². The molecule has 0 bridgehead atoms. The number of hydrogen-bond donors (Lipinski definition) is 1. The molecule has 0 radical (unpaired) electrons. The molecule has 3 aromatic carbocycles. The van der Waals surface area contributed by atoms with Crippen LogP contribution in [0.3, 0.4) is 0 Å². The average molecular weight is 527 g/mol. The van der Waals surface area contributed by atoms with Crippen molar-refractivity contribution < 1.29 is 14.3 Å². The Morgan fingerprint density at radius 1 is 0.944 bits per heavy atom. The van der Waals surface area contributed by atoms with Gasteiger partial charge in [-0.25, -0.2) is 0 Å². The van der Waals surface area contributed by atoms with Gasteiger partial charge in [-0.2, -0.15) is 0 Å². The smallest absolute Gasteiger partial charge is 0.261 e. The van der Waals surface area contributed by atoms with Crippen LogP contribution in [0.2, 0.25) is 10.0 Å². The van der Waals surface area contributed by atoms with Crippen molar-refractivity contribution >= 4 is 35.0 Å². The van der Waals surface area contributed by atoms with Gasteiger partial charge in [-0.05, 0) is 63.1 Å². The minimum Gasteiger partial charge on any atom is -0.484 e. The molecule has 1 N–H and O–H groups in total. The van der Waals surface area contributed by atoms with E-state index >= 15 is 0 Å². The van der Waals surface area contributed by atoms with E-state index in [9.17, 15) is 9.59 Å². The van der Waals surface area contributed by atoms with E-state index in [2.05, 4.69) is 5.32 Å². The lowest BCUT2D eigenvalue weighted by Crippen LogP contribution is -2.55. The standard InChI is InChI=1S/C29H32Cl2N2O3/c1-20-10-8-13-22(16-20)36-19-27(34)33(18-23-24(30)14-9-15-25(23)31)26(28(35)32-29(2,3)4)17-21-11-6-5-7-12-21/h5-16,26H,17-19H2,1-4H3,(H,32,35). The van der Waals surface area contributed by atoms with Gasteiger partial charge in [0.2, 0.25) is 5.91 Å². The first kappa shape index (κ1) is 27.6. The van der Waals surface area contributed by atoms with Crippen LogP contribution < -0.4 is 10.1 Å². The summed E-state index contributed by atoms with van der Waals surface area (Å²) in [6, 6.07) is 21.4. The van der Waals surface area contributed by atoms with Crippen LogP contribution in [0.5, 0.6) is 5.75 Å². The quantitative estimate of drug-likeness (QED) is 0.359. The molecule has 0 heterocycles. The summed E-state index contributed by atoms with van der Waals surface area (Å²) >= 11 is 12.9. The normalized spacial score (nSPS) is 12.1. The lowest BCUT2D eigenvalue weighted by molar-refractivity contribution is -0.143. The molecule has 3 aromatic rings. The minimum atomic E-state index is -0.812.